The van der Waals surface area contributed by atoms with Crippen molar-refractivity contribution < 1.29 is 28.2 Å². The van der Waals surface area contributed by atoms with Gasteiger partial charge in [-0.3, -0.25) is 0 Å². The highest BCUT2D eigenvalue weighted by molar-refractivity contribution is 7.89. The monoisotopic (exact) mass is 303 g/mol. The van der Waals surface area contributed by atoms with Gasteiger partial charge >= 0.3 is 5.97 Å². The fraction of sp³-hybridized carbons (Fsp3) is 0.417. The molecule has 0 spiro atoms. The molecule has 1 unspecified atom stereocenters. The minimum absolute atomic E-state index is 0.0628. The van der Waals surface area contributed by atoms with Crippen LogP contribution in [0, 0.1) is 5.92 Å². The van der Waals surface area contributed by atoms with Crippen LogP contribution >= 0.6 is 0 Å². The standard InChI is InChI=1S/C12H17NO6S/c1-8(7-14)6-13-20(17,18)9-3-4-11(19-2)10(5-9)12(15)16/h3-5,8,13-14H,6-7H2,1-2H3,(H,15,16). The van der Waals surface area contributed by atoms with Crippen LogP contribution in [0.25, 0.3) is 0 Å². The number of rotatable bonds is 7. The maximum atomic E-state index is 12.0. The zero-order chi connectivity index (χ0) is 15.3. The molecule has 20 heavy (non-hydrogen) atoms. The van der Waals surface area contributed by atoms with E-state index in [1.54, 1.807) is 6.92 Å². The first-order valence-corrected chi connectivity index (χ1v) is 7.32. The number of benzene rings is 1. The van der Waals surface area contributed by atoms with Crippen molar-refractivity contribution in [2.24, 2.45) is 5.92 Å². The second-order valence-electron chi connectivity index (χ2n) is 4.31. The average molecular weight is 303 g/mol. The number of nitrogens with one attached hydrogen (secondary N) is 1. The van der Waals surface area contributed by atoms with E-state index in [9.17, 15) is 13.2 Å². The van der Waals surface area contributed by atoms with Gasteiger partial charge in [0.1, 0.15) is 11.3 Å². The SMILES string of the molecule is COc1ccc(S(=O)(=O)NCC(C)CO)cc1C(=O)O. The smallest absolute Gasteiger partial charge is 0.339 e. The second-order valence-corrected chi connectivity index (χ2v) is 6.07. The van der Waals surface area contributed by atoms with Crippen LogP contribution in [0.2, 0.25) is 0 Å². The predicted molar refractivity (Wildman–Crippen MR) is 71.4 cm³/mol. The molecule has 0 aliphatic heterocycles. The highest BCUT2D eigenvalue weighted by Crippen LogP contribution is 2.22. The van der Waals surface area contributed by atoms with Gasteiger partial charge in [-0.15, -0.1) is 0 Å². The van der Waals surface area contributed by atoms with E-state index < -0.39 is 16.0 Å². The van der Waals surface area contributed by atoms with Crippen molar-refractivity contribution in [1.29, 1.82) is 0 Å². The summed E-state index contributed by atoms with van der Waals surface area (Å²) in [6, 6.07) is 3.58. The first-order chi connectivity index (χ1) is 9.31. The van der Waals surface area contributed by atoms with Crippen molar-refractivity contribution in [3.05, 3.63) is 23.8 Å². The van der Waals surface area contributed by atoms with Crippen LogP contribution in [0.1, 0.15) is 17.3 Å². The van der Waals surface area contributed by atoms with Gasteiger partial charge in [-0.25, -0.2) is 17.9 Å². The summed E-state index contributed by atoms with van der Waals surface area (Å²) in [7, 11) is -2.52. The summed E-state index contributed by atoms with van der Waals surface area (Å²) in [5, 5.41) is 17.9. The van der Waals surface area contributed by atoms with E-state index in [2.05, 4.69) is 4.72 Å². The minimum atomic E-state index is -3.83. The zero-order valence-corrected chi connectivity index (χ0v) is 12.0. The molecular formula is C12H17NO6S. The Balaban J connectivity index is 3.07. The fourth-order valence-corrected chi connectivity index (χ4v) is 2.61. The quantitative estimate of drug-likeness (QED) is 0.668. The summed E-state index contributed by atoms with van der Waals surface area (Å²) >= 11 is 0. The molecule has 0 aromatic heterocycles. The zero-order valence-electron chi connectivity index (χ0n) is 11.2. The number of ether oxygens (including phenoxy) is 1. The molecule has 112 valence electrons. The lowest BCUT2D eigenvalue weighted by atomic mass is 10.2. The van der Waals surface area contributed by atoms with Crippen molar-refractivity contribution in [2.75, 3.05) is 20.3 Å². The molecule has 3 N–H and O–H groups in total. The highest BCUT2D eigenvalue weighted by atomic mass is 32.2. The molecule has 0 bridgehead atoms. The van der Waals surface area contributed by atoms with Gasteiger partial charge in [0.05, 0.1) is 12.0 Å². The topological polar surface area (TPSA) is 113 Å². The molecule has 0 saturated heterocycles. The molecule has 1 aromatic carbocycles. The number of aromatic carboxylic acids is 1. The Morgan fingerprint density at radius 3 is 2.60 bits per heavy atom. The number of sulfonamides is 1. The molecular weight excluding hydrogens is 286 g/mol. The Morgan fingerprint density at radius 1 is 1.45 bits per heavy atom. The maximum absolute atomic E-state index is 12.0. The number of aliphatic hydroxyl groups excluding tert-OH is 1. The van der Waals surface area contributed by atoms with Crippen LogP contribution in [-0.2, 0) is 10.0 Å². The Morgan fingerprint density at radius 2 is 2.10 bits per heavy atom. The van der Waals surface area contributed by atoms with Crippen LogP contribution < -0.4 is 9.46 Å². The summed E-state index contributed by atoms with van der Waals surface area (Å²) in [6.07, 6.45) is 0. The fourth-order valence-electron chi connectivity index (χ4n) is 1.42. The van der Waals surface area contributed by atoms with E-state index in [4.69, 9.17) is 14.9 Å². The van der Waals surface area contributed by atoms with Crippen molar-refractivity contribution >= 4 is 16.0 Å². The first kappa shape index (κ1) is 16.4. The molecule has 0 aliphatic carbocycles. The van der Waals surface area contributed by atoms with Gasteiger partial charge in [0.15, 0.2) is 0 Å². The molecule has 1 aromatic rings. The molecule has 0 heterocycles. The number of carboxylic acid groups (broad SMARTS) is 1. The summed E-state index contributed by atoms with van der Waals surface area (Å²) in [5.74, 6) is -1.43. The third kappa shape index (κ3) is 3.92. The van der Waals surface area contributed by atoms with Gasteiger partial charge in [-0.2, -0.15) is 0 Å². The van der Waals surface area contributed by atoms with Crippen LogP contribution in [-0.4, -0.2) is 44.9 Å². The Bertz CT molecular complexity index is 584. The molecule has 8 heteroatoms. The van der Waals surface area contributed by atoms with E-state index >= 15 is 0 Å². The Hall–Kier alpha value is -1.64. The number of carboxylic acids is 1. The molecule has 0 fully saturated rings. The molecule has 0 radical (unpaired) electrons. The van der Waals surface area contributed by atoms with E-state index in [1.165, 1.54) is 19.2 Å². The normalized spacial score (nSPS) is 12.9. The Kier molecular flexibility index (Phi) is 5.49. The third-order valence-electron chi connectivity index (χ3n) is 2.65. The van der Waals surface area contributed by atoms with Crippen LogP contribution in [0.4, 0.5) is 0 Å². The molecule has 0 saturated carbocycles. The van der Waals surface area contributed by atoms with Gasteiger partial charge < -0.3 is 14.9 Å². The third-order valence-corrected chi connectivity index (χ3v) is 4.07. The van der Waals surface area contributed by atoms with Gasteiger partial charge in [0, 0.05) is 13.2 Å². The number of hydrogen-bond acceptors (Lipinski definition) is 5. The summed E-state index contributed by atoms with van der Waals surface area (Å²) in [5.41, 5.74) is -0.231. The predicted octanol–water partition coefficient (Wildman–Crippen LogP) is 0.300. The van der Waals surface area contributed by atoms with Crippen LogP contribution in [0.5, 0.6) is 5.75 Å². The number of methoxy groups -OCH3 is 1. The van der Waals surface area contributed by atoms with Crippen LogP contribution in [0.3, 0.4) is 0 Å². The largest absolute Gasteiger partial charge is 0.496 e. The Labute approximate surface area is 117 Å². The molecule has 0 aliphatic rings. The van der Waals surface area contributed by atoms with Crippen LogP contribution in [0.15, 0.2) is 23.1 Å². The molecule has 0 amide bonds. The van der Waals surface area contributed by atoms with Crippen molar-refractivity contribution in [3.8, 4) is 5.75 Å². The summed E-state index contributed by atoms with van der Waals surface area (Å²) < 4.78 is 31.2. The molecule has 7 nitrogen and oxygen atoms in total. The van der Waals surface area contributed by atoms with Gasteiger partial charge in [0.2, 0.25) is 10.0 Å². The van der Waals surface area contributed by atoms with Crippen molar-refractivity contribution in [1.82, 2.24) is 4.72 Å². The lowest BCUT2D eigenvalue weighted by molar-refractivity contribution is 0.0693. The van der Waals surface area contributed by atoms with E-state index in [0.717, 1.165) is 6.07 Å². The minimum Gasteiger partial charge on any atom is -0.496 e. The van der Waals surface area contributed by atoms with Crippen molar-refractivity contribution in [3.63, 3.8) is 0 Å². The molecule has 1 rings (SSSR count). The van der Waals surface area contributed by atoms with Gasteiger partial charge in [-0.1, -0.05) is 6.92 Å². The lowest BCUT2D eigenvalue weighted by Crippen LogP contribution is -2.29. The number of aliphatic hydroxyl groups is 1. The average Bonchev–Trinajstić information content (AvgIpc) is 2.43. The summed E-state index contributed by atoms with van der Waals surface area (Å²) in [4.78, 5) is 10.9. The number of carbonyl (C=O) groups is 1. The number of hydrogen-bond donors (Lipinski definition) is 3. The second kappa shape index (κ2) is 6.69. The lowest BCUT2D eigenvalue weighted by Gasteiger charge is -2.12. The summed E-state index contributed by atoms with van der Waals surface area (Å²) in [6.45, 7) is 1.60. The maximum Gasteiger partial charge on any atom is 0.339 e. The van der Waals surface area contributed by atoms with Gasteiger partial charge in [-0.05, 0) is 24.1 Å². The first-order valence-electron chi connectivity index (χ1n) is 5.83. The highest BCUT2D eigenvalue weighted by Gasteiger charge is 2.19. The van der Waals surface area contributed by atoms with E-state index in [0.29, 0.717) is 0 Å². The van der Waals surface area contributed by atoms with E-state index in [1.807, 2.05) is 0 Å². The van der Waals surface area contributed by atoms with E-state index in [-0.39, 0.29) is 35.3 Å². The van der Waals surface area contributed by atoms with Crippen molar-refractivity contribution in [2.45, 2.75) is 11.8 Å². The molecule has 1 atom stereocenters. The van der Waals surface area contributed by atoms with Gasteiger partial charge in [0.25, 0.3) is 0 Å².